The number of nitrogens with one attached hydrogen (secondary N) is 2. The third kappa shape index (κ3) is 5.34. The molecule has 2 heterocycles. The Morgan fingerprint density at radius 1 is 1.00 bits per heavy atom. The van der Waals surface area contributed by atoms with Gasteiger partial charge >= 0.3 is 12.2 Å². The Balaban J connectivity index is 1.54. The topological polar surface area (TPSA) is 111 Å². The van der Waals surface area contributed by atoms with Crippen LogP contribution in [0.1, 0.15) is 37.6 Å². The van der Waals surface area contributed by atoms with Gasteiger partial charge in [0.25, 0.3) is 0 Å². The van der Waals surface area contributed by atoms with Crippen LogP contribution in [0.3, 0.4) is 0 Å². The molecule has 0 aliphatic heterocycles. The highest BCUT2D eigenvalue weighted by atomic mass is 19.4. The molecule has 0 saturated carbocycles. The fourth-order valence-corrected chi connectivity index (χ4v) is 3.66. The Labute approximate surface area is 199 Å². The third-order valence-corrected chi connectivity index (χ3v) is 5.21. The number of benzene rings is 2. The SMILES string of the molecule is CC(C)(C)n1nc(Cc2cccc(NC(=O)Nc3cccc(C(F)(F)F)c3)c2)c2c(N)ncnc21. The normalized spacial score (nSPS) is 12.1. The minimum absolute atomic E-state index is 0.0307. The molecule has 182 valence electrons. The van der Waals surface area contributed by atoms with Crippen LogP contribution >= 0.6 is 0 Å². The molecule has 0 bridgehead atoms. The van der Waals surface area contributed by atoms with Crippen LogP contribution in [-0.4, -0.2) is 25.8 Å². The van der Waals surface area contributed by atoms with E-state index in [0.717, 1.165) is 17.7 Å². The molecule has 0 atom stereocenters. The van der Waals surface area contributed by atoms with Crippen LogP contribution in [0.4, 0.5) is 35.2 Å². The number of nitrogens with zero attached hydrogens (tertiary/aromatic N) is 4. The fraction of sp³-hybridized carbons (Fsp3) is 0.250. The van der Waals surface area contributed by atoms with E-state index >= 15 is 0 Å². The molecular formula is C24H24F3N7O. The molecule has 4 rings (SSSR count). The first kappa shape index (κ1) is 24.0. The van der Waals surface area contributed by atoms with E-state index in [2.05, 4.69) is 20.6 Å². The van der Waals surface area contributed by atoms with E-state index in [9.17, 15) is 18.0 Å². The Bertz CT molecular complexity index is 1390. The van der Waals surface area contributed by atoms with Gasteiger partial charge in [0.2, 0.25) is 0 Å². The van der Waals surface area contributed by atoms with Crippen molar-refractivity contribution in [2.75, 3.05) is 16.4 Å². The zero-order valence-electron chi connectivity index (χ0n) is 19.3. The lowest BCUT2D eigenvalue weighted by Crippen LogP contribution is -2.23. The molecule has 2 aromatic heterocycles. The van der Waals surface area contributed by atoms with Crippen LogP contribution < -0.4 is 16.4 Å². The molecule has 0 fully saturated rings. The molecule has 35 heavy (non-hydrogen) atoms. The lowest BCUT2D eigenvalue weighted by molar-refractivity contribution is -0.137. The maximum Gasteiger partial charge on any atom is 0.416 e. The van der Waals surface area contributed by atoms with Crippen molar-refractivity contribution in [3.63, 3.8) is 0 Å². The minimum Gasteiger partial charge on any atom is -0.383 e. The smallest absolute Gasteiger partial charge is 0.383 e. The van der Waals surface area contributed by atoms with Gasteiger partial charge in [-0.25, -0.2) is 19.4 Å². The van der Waals surface area contributed by atoms with Crippen molar-refractivity contribution in [1.82, 2.24) is 19.7 Å². The molecule has 0 aliphatic rings. The Kier molecular flexibility index (Phi) is 6.10. The van der Waals surface area contributed by atoms with Crippen LogP contribution in [0, 0.1) is 0 Å². The molecule has 0 unspecified atom stereocenters. The van der Waals surface area contributed by atoms with Crippen molar-refractivity contribution < 1.29 is 18.0 Å². The molecule has 4 N–H and O–H groups in total. The van der Waals surface area contributed by atoms with E-state index in [4.69, 9.17) is 10.8 Å². The standard InChI is InChI=1S/C24H24F3N7O/c1-23(2,3)34-21-19(20(28)29-13-30-21)18(33-34)11-14-6-4-8-16(10-14)31-22(35)32-17-9-5-7-15(12-17)24(25,26)27/h4-10,12-13H,11H2,1-3H3,(H2,28,29,30)(H2,31,32,35). The summed E-state index contributed by atoms with van der Waals surface area (Å²) in [5.74, 6) is 0.329. The van der Waals surface area contributed by atoms with Crippen LogP contribution in [0.25, 0.3) is 11.0 Å². The van der Waals surface area contributed by atoms with Gasteiger partial charge in [-0.1, -0.05) is 18.2 Å². The van der Waals surface area contributed by atoms with E-state index in [-0.39, 0.29) is 11.2 Å². The molecule has 4 aromatic rings. The number of hydrogen-bond donors (Lipinski definition) is 3. The second kappa shape index (κ2) is 8.90. The van der Waals surface area contributed by atoms with Gasteiger partial charge in [-0.15, -0.1) is 0 Å². The summed E-state index contributed by atoms with van der Waals surface area (Å²) in [4.78, 5) is 20.9. The average Bonchev–Trinajstić information content (AvgIpc) is 3.13. The summed E-state index contributed by atoms with van der Waals surface area (Å²) in [5, 5.41) is 10.5. The van der Waals surface area contributed by atoms with Crippen LogP contribution in [-0.2, 0) is 18.1 Å². The second-order valence-corrected chi connectivity index (χ2v) is 9.02. The highest BCUT2D eigenvalue weighted by Crippen LogP contribution is 2.31. The van der Waals surface area contributed by atoms with Gasteiger partial charge in [-0.05, 0) is 56.7 Å². The van der Waals surface area contributed by atoms with Crippen molar-refractivity contribution in [3.05, 3.63) is 71.7 Å². The summed E-state index contributed by atoms with van der Waals surface area (Å²) in [6.07, 6.45) is -2.69. The van der Waals surface area contributed by atoms with Crippen molar-refractivity contribution in [2.45, 2.75) is 38.9 Å². The van der Waals surface area contributed by atoms with Gasteiger partial charge < -0.3 is 16.4 Å². The second-order valence-electron chi connectivity index (χ2n) is 9.02. The number of anilines is 3. The molecule has 0 spiro atoms. The summed E-state index contributed by atoms with van der Waals surface area (Å²) >= 11 is 0. The number of carbonyl (C=O) groups is 1. The van der Waals surface area contributed by atoms with E-state index in [1.165, 1.54) is 18.5 Å². The zero-order chi connectivity index (χ0) is 25.4. The van der Waals surface area contributed by atoms with Crippen LogP contribution in [0.15, 0.2) is 54.9 Å². The molecular weight excluding hydrogens is 459 g/mol. The maximum absolute atomic E-state index is 12.9. The molecule has 8 nitrogen and oxygen atoms in total. The molecule has 0 aliphatic carbocycles. The quantitative estimate of drug-likeness (QED) is 0.359. The van der Waals surface area contributed by atoms with Gasteiger partial charge in [0.15, 0.2) is 5.65 Å². The first-order valence-corrected chi connectivity index (χ1v) is 10.7. The molecule has 0 radical (unpaired) electrons. The first-order chi connectivity index (χ1) is 16.4. The lowest BCUT2D eigenvalue weighted by Gasteiger charge is -2.19. The summed E-state index contributed by atoms with van der Waals surface area (Å²) in [6, 6.07) is 10.8. The Morgan fingerprint density at radius 2 is 1.66 bits per heavy atom. The number of carbonyl (C=O) groups excluding carboxylic acids is 1. The van der Waals surface area contributed by atoms with Crippen molar-refractivity contribution in [3.8, 4) is 0 Å². The molecule has 0 saturated heterocycles. The number of amides is 2. The predicted octanol–water partition coefficient (Wildman–Crippen LogP) is 5.42. The number of nitrogens with two attached hydrogens (primary N) is 1. The molecule has 2 amide bonds. The summed E-state index contributed by atoms with van der Waals surface area (Å²) in [6.45, 7) is 6.03. The Morgan fingerprint density at radius 3 is 2.31 bits per heavy atom. The summed E-state index contributed by atoms with van der Waals surface area (Å²) in [7, 11) is 0. The van der Waals surface area contributed by atoms with E-state index < -0.39 is 17.8 Å². The van der Waals surface area contributed by atoms with Gasteiger partial charge in [0, 0.05) is 17.8 Å². The number of nitrogen functional groups attached to an aromatic ring is 1. The van der Waals surface area contributed by atoms with Crippen molar-refractivity contribution in [2.24, 2.45) is 0 Å². The largest absolute Gasteiger partial charge is 0.416 e. The van der Waals surface area contributed by atoms with Crippen molar-refractivity contribution in [1.29, 1.82) is 0 Å². The monoisotopic (exact) mass is 483 g/mol. The molecule has 11 heteroatoms. The molecule has 2 aromatic carbocycles. The third-order valence-electron chi connectivity index (χ3n) is 5.21. The Hall–Kier alpha value is -4.15. The number of aromatic nitrogens is 4. The van der Waals surface area contributed by atoms with Gasteiger partial charge in [0.1, 0.15) is 12.1 Å². The highest BCUT2D eigenvalue weighted by molar-refractivity contribution is 5.99. The number of hydrogen-bond acceptors (Lipinski definition) is 5. The number of alkyl halides is 3. The van der Waals surface area contributed by atoms with Crippen molar-refractivity contribution >= 4 is 34.3 Å². The maximum atomic E-state index is 12.9. The van der Waals surface area contributed by atoms with Gasteiger partial charge in [-0.2, -0.15) is 18.3 Å². The predicted molar refractivity (Wildman–Crippen MR) is 128 cm³/mol. The lowest BCUT2D eigenvalue weighted by atomic mass is 10.1. The first-order valence-electron chi connectivity index (χ1n) is 10.7. The van der Waals surface area contributed by atoms with Gasteiger partial charge in [-0.3, -0.25) is 0 Å². The van der Waals surface area contributed by atoms with Gasteiger partial charge in [0.05, 0.1) is 22.2 Å². The van der Waals surface area contributed by atoms with Crippen LogP contribution in [0.2, 0.25) is 0 Å². The summed E-state index contributed by atoms with van der Waals surface area (Å²) in [5.41, 5.74) is 7.62. The van der Waals surface area contributed by atoms with E-state index in [1.807, 2.05) is 26.8 Å². The average molecular weight is 483 g/mol. The zero-order valence-corrected chi connectivity index (χ0v) is 19.3. The van der Waals surface area contributed by atoms with E-state index in [1.54, 1.807) is 22.9 Å². The summed E-state index contributed by atoms with van der Waals surface area (Å²) < 4.78 is 40.5. The number of urea groups is 1. The van der Waals surface area contributed by atoms with E-state index in [0.29, 0.717) is 34.7 Å². The number of halogens is 3. The van der Waals surface area contributed by atoms with Crippen LogP contribution in [0.5, 0.6) is 0 Å². The number of rotatable bonds is 4. The minimum atomic E-state index is -4.50. The number of fused-ring (bicyclic) bond motifs is 1. The highest BCUT2D eigenvalue weighted by Gasteiger charge is 2.30. The fourth-order valence-electron chi connectivity index (χ4n) is 3.66.